The molecule has 1 heterocycles. The summed E-state index contributed by atoms with van der Waals surface area (Å²) in [6, 6.07) is 19.7. The lowest BCUT2D eigenvalue weighted by Crippen LogP contribution is -2.24. The summed E-state index contributed by atoms with van der Waals surface area (Å²) < 4.78 is 18.7. The van der Waals surface area contributed by atoms with E-state index in [0.29, 0.717) is 40.3 Å². The Kier molecular flexibility index (Phi) is 10.0. The number of anilines is 1. The fraction of sp³-hybridized carbons (Fsp3) is 0.214. The number of nitrogens with zero attached hydrogens (tertiary/aromatic N) is 3. The van der Waals surface area contributed by atoms with Crippen molar-refractivity contribution in [2.45, 2.75) is 18.6 Å². The Labute approximate surface area is 244 Å². The summed E-state index contributed by atoms with van der Waals surface area (Å²) in [4.78, 5) is 25.6. The van der Waals surface area contributed by atoms with Crippen LogP contribution in [-0.2, 0) is 11.3 Å². The molecule has 4 aromatic rings. The molecule has 0 unspecified atom stereocenters. The van der Waals surface area contributed by atoms with Gasteiger partial charge in [0.15, 0.2) is 22.5 Å². The molecular weight excluding hydrogens is 598 g/mol. The largest absolute Gasteiger partial charge is 0.494 e. The predicted molar refractivity (Wildman–Crippen MR) is 157 cm³/mol. The molecule has 0 aliphatic heterocycles. The van der Waals surface area contributed by atoms with Crippen LogP contribution >= 0.6 is 27.7 Å². The zero-order valence-corrected chi connectivity index (χ0v) is 24.5. The molecule has 0 saturated heterocycles. The monoisotopic (exact) mass is 625 g/mol. The highest BCUT2D eigenvalue weighted by molar-refractivity contribution is 9.10. The van der Waals surface area contributed by atoms with Gasteiger partial charge in [-0.2, -0.15) is 0 Å². The Hall–Kier alpha value is -4.03. The molecule has 3 aromatic carbocycles. The van der Waals surface area contributed by atoms with Crippen molar-refractivity contribution in [3.05, 3.63) is 82.6 Å². The summed E-state index contributed by atoms with van der Waals surface area (Å²) in [5, 5.41) is 14.9. The van der Waals surface area contributed by atoms with Crippen molar-refractivity contribution in [1.82, 2.24) is 20.1 Å². The molecule has 0 bridgehead atoms. The summed E-state index contributed by atoms with van der Waals surface area (Å²) in [6.07, 6.45) is 0. The SMILES string of the molecule is CCOc1ccc(NC(=O)CSc2nnc(CNC(=O)c3ccc(OC)c(OC)c3)n2-c2ccc(Br)cc2)cc1. The highest BCUT2D eigenvalue weighted by atomic mass is 79.9. The summed E-state index contributed by atoms with van der Waals surface area (Å²) in [7, 11) is 3.05. The zero-order valence-electron chi connectivity index (χ0n) is 22.1. The molecule has 208 valence electrons. The van der Waals surface area contributed by atoms with Crippen LogP contribution in [0.25, 0.3) is 5.69 Å². The van der Waals surface area contributed by atoms with Crippen LogP contribution in [0.15, 0.2) is 76.4 Å². The number of carbonyl (C=O) groups excluding carboxylic acids is 2. The zero-order chi connectivity index (χ0) is 28.5. The predicted octanol–water partition coefficient (Wildman–Crippen LogP) is 5.11. The number of benzene rings is 3. The van der Waals surface area contributed by atoms with Crippen molar-refractivity contribution in [2.24, 2.45) is 0 Å². The lowest BCUT2D eigenvalue weighted by atomic mass is 10.2. The first kappa shape index (κ1) is 29.0. The Morgan fingerprint density at radius 3 is 2.35 bits per heavy atom. The van der Waals surface area contributed by atoms with Gasteiger partial charge in [-0.15, -0.1) is 10.2 Å². The Morgan fingerprint density at radius 2 is 1.68 bits per heavy atom. The number of rotatable bonds is 12. The number of hydrogen-bond donors (Lipinski definition) is 2. The van der Waals surface area contributed by atoms with Crippen molar-refractivity contribution in [3.63, 3.8) is 0 Å². The fourth-order valence-corrected chi connectivity index (χ4v) is 4.76. The molecule has 1 aromatic heterocycles. The van der Waals surface area contributed by atoms with E-state index in [2.05, 4.69) is 36.8 Å². The second kappa shape index (κ2) is 13.9. The maximum absolute atomic E-state index is 12.9. The van der Waals surface area contributed by atoms with Gasteiger partial charge in [0, 0.05) is 21.4 Å². The summed E-state index contributed by atoms with van der Waals surface area (Å²) in [5.41, 5.74) is 1.87. The molecule has 12 heteroatoms. The van der Waals surface area contributed by atoms with E-state index < -0.39 is 0 Å². The van der Waals surface area contributed by atoms with E-state index in [0.717, 1.165) is 15.9 Å². The molecule has 2 amide bonds. The van der Waals surface area contributed by atoms with Crippen LogP contribution in [0.5, 0.6) is 17.2 Å². The molecule has 0 saturated carbocycles. The first-order valence-electron chi connectivity index (χ1n) is 12.3. The van der Waals surface area contributed by atoms with Crippen LogP contribution in [0.1, 0.15) is 23.1 Å². The fourth-order valence-electron chi connectivity index (χ4n) is 3.72. The number of aromatic nitrogens is 3. The highest BCUT2D eigenvalue weighted by Gasteiger charge is 2.18. The number of carbonyl (C=O) groups is 2. The normalized spacial score (nSPS) is 10.6. The molecule has 0 spiro atoms. The smallest absolute Gasteiger partial charge is 0.251 e. The van der Waals surface area contributed by atoms with Gasteiger partial charge in [0.25, 0.3) is 5.91 Å². The van der Waals surface area contributed by atoms with Crippen molar-refractivity contribution < 1.29 is 23.8 Å². The van der Waals surface area contributed by atoms with E-state index in [9.17, 15) is 9.59 Å². The Bertz CT molecular complexity index is 1460. The standard InChI is InChI=1S/C28H28BrN5O5S/c1-4-39-22-12-8-20(9-13-22)31-26(35)17-40-28-33-32-25(34(28)21-10-6-19(29)7-11-21)16-30-27(36)18-5-14-23(37-2)24(15-18)38-3/h5-15H,4,16-17H2,1-3H3,(H,30,36)(H,31,35). The quantitative estimate of drug-likeness (QED) is 0.209. The van der Waals surface area contributed by atoms with Crippen LogP contribution < -0.4 is 24.8 Å². The third kappa shape index (κ3) is 7.33. The Morgan fingerprint density at radius 1 is 0.950 bits per heavy atom. The molecule has 0 radical (unpaired) electrons. The third-order valence-electron chi connectivity index (χ3n) is 5.62. The molecule has 4 rings (SSSR count). The number of nitrogens with one attached hydrogen (secondary N) is 2. The summed E-state index contributed by atoms with van der Waals surface area (Å²) >= 11 is 4.70. The molecule has 0 aliphatic carbocycles. The average molecular weight is 627 g/mol. The van der Waals surface area contributed by atoms with Crippen LogP contribution in [0, 0.1) is 0 Å². The van der Waals surface area contributed by atoms with Crippen LogP contribution in [0.4, 0.5) is 5.69 Å². The van der Waals surface area contributed by atoms with Crippen LogP contribution in [0.3, 0.4) is 0 Å². The number of ether oxygens (including phenoxy) is 3. The number of amides is 2. The van der Waals surface area contributed by atoms with Crippen molar-refractivity contribution in [3.8, 4) is 22.9 Å². The molecule has 0 fully saturated rings. The van der Waals surface area contributed by atoms with E-state index in [1.165, 1.54) is 26.0 Å². The minimum atomic E-state index is -0.310. The summed E-state index contributed by atoms with van der Waals surface area (Å²) in [5.74, 6) is 1.84. The van der Waals surface area contributed by atoms with E-state index in [1.807, 2.05) is 35.8 Å². The van der Waals surface area contributed by atoms with Gasteiger partial charge in [-0.05, 0) is 73.7 Å². The van der Waals surface area contributed by atoms with Gasteiger partial charge in [0.2, 0.25) is 5.91 Å². The maximum Gasteiger partial charge on any atom is 0.251 e. The maximum atomic E-state index is 12.9. The molecule has 0 atom stereocenters. The first-order chi connectivity index (χ1) is 19.4. The van der Waals surface area contributed by atoms with Crippen molar-refractivity contribution in [2.75, 3.05) is 31.9 Å². The van der Waals surface area contributed by atoms with Gasteiger partial charge >= 0.3 is 0 Å². The lowest BCUT2D eigenvalue weighted by Gasteiger charge is -2.12. The molecular formula is C28H28BrN5O5S. The molecule has 2 N–H and O–H groups in total. The number of thioether (sulfide) groups is 1. The lowest BCUT2D eigenvalue weighted by molar-refractivity contribution is -0.113. The van der Waals surface area contributed by atoms with Gasteiger partial charge in [0.05, 0.1) is 33.1 Å². The Balaban J connectivity index is 1.47. The van der Waals surface area contributed by atoms with E-state index in [1.54, 1.807) is 42.5 Å². The van der Waals surface area contributed by atoms with Crippen LogP contribution in [-0.4, -0.2) is 53.2 Å². The van der Waals surface area contributed by atoms with Crippen molar-refractivity contribution in [1.29, 1.82) is 0 Å². The number of methoxy groups -OCH3 is 2. The van der Waals surface area contributed by atoms with E-state index in [-0.39, 0.29) is 24.1 Å². The van der Waals surface area contributed by atoms with Gasteiger partial charge in [0.1, 0.15) is 5.75 Å². The second-order valence-corrected chi connectivity index (χ2v) is 10.1. The van der Waals surface area contributed by atoms with Gasteiger partial charge in [-0.25, -0.2) is 0 Å². The number of halogens is 1. The summed E-state index contributed by atoms with van der Waals surface area (Å²) in [6.45, 7) is 2.59. The molecule has 10 nitrogen and oxygen atoms in total. The minimum absolute atomic E-state index is 0.106. The first-order valence-corrected chi connectivity index (χ1v) is 14.1. The topological polar surface area (TPSA) is 117 Å². The van der Waals surface area contributed by atoms with Gasteiger partial charge in [-0.3, -0.25) is 14.2 Å². The van der Waals surface area contributed by atoms with E-state index >= 15 is 0 Å². The molecule has 0 aliphatic rings. The highest BCUT2D eigenvalue weighted by Crippen LogP contribution is 2.28. The van der Waals surface area contributed by atoms with Gasteiger partial charge < -0.3 is 24.8 Å². The van der Waals surface area contributed by atoms with Crippen LogP contribution in [0.2, 0.25) is 0 Å². The molecule has 40 heavy (non-hydrogen) atoms. The van der Waals surface area contributed by atoms with E-state index in [4.69, 9.17) is 14.2 Å². The number of hydrogen-bond acceptors (Lipinski definition) is 8. The third-order valence-corrected chi connectivity index (χ3v) is 7.08. The van der Waals surface area contributed by atoms with Crippen molar-refractivity contribution >= 4 is 45.2 Å². The minimum Gasteiger partial charge on any atom is -0.494 e. The average Bonchev–Trinajstić information content (AvgIpc) is 3.38. The van der Waals surface area contributed by atoms with Gasteiger partial charge in [-0.1, -0.05) is 27.7 Å². The second-order valence-electron chi connectivity index (χ2n) is 8.26.